The number of rotatable bonds is 7. The Balaban J connectivity index is 0.000000152. The number of fused-ring (bicyclic) bond motifs is 3. The van der Waals surface area contributed by atoms with Crippen LogP contribution in [0, 0.1) is 0 Å². The van der Waals surface area contributed by atoms with Crippen molar-refractivity contribution in [2.75, 3.05) is 12.4 Å². The minimum atomic E-state index is -5.85. The van der Waals surface area contributed by atoms with Crippen LogP contribution in [0.5, 0.6) is 11.8 Å². The Bertz CT molecular complexity index is 3760. The van der Waals surface area contributed by atoms with E-state index in [-0.39, 0.29) is 34.5 Å². The number of hydrogen-bond acceptors (Lipinski definition) is 9. The minimum absolute atomic E-state index is 0.107. The van der Waals surface area contributed by atoms with Crippen molar-refractivity contribution in [3.05, 3.63) is 125 Å². The van der Waals surface area contributed by atoms with E-state index in [1.54, 1.807) is 48.7 Å². The van der Waals surface area contributed by atoms with E-state index in [4.69, 9.17) is 16.3 Å². The first-order valence-electron chi connectivity index (χ1n) is 21.1. The second kappa shape index (κ2) is 19.4. The summed E-state index contributed by atoms with van der Waals surface area (Å²) in [5, 5.41) is 14.5. The lowest BCUT2D eigenvalue weighted by Crippen LogP contribution is -2.28. The van der Waals surface area contributed by atoms with E-state index in [1.807, 2.05) is 6.07 Å². The molecule has 3 aromatic carbocycles. The van der Waals surface area contributed by atoms with Gasteiger partial charge in [-0.25, -0.2) is 4.98 Å². The number of aryl methyl sites for hydroxylation is 3. The Morgan fingerprint density at radius 2 is 1.08 bits per heavy atom. The van der Waals surface area contributed by atoms with Gasteiger partial charge in [0.05, 0.1) is 30.6 Å². The molecule has 15 nitrogen and oxygen atoms in total. The van der Waals surface area contributed by atoms with Gasteiger partial charge in [0.15, 0.2) is 17.1 Å². The first-order valence-corrected chi connectivity index (χ1v) is 22.9. The molecule has 0 spiro atoms. The summed E-state index contributed by atoms with van der Waals surface area (Å²) in [7, 11) is -0.118. The van der Waals surface area contributed by atoms with Gasteiger partial charge in [-0.15, -0.1) is 0 Å². The molecule has 3 N–H and O–H groups in total. The molecule has 1 aliphatic rings. The van der Waals surface area contributed by atoms with Crippen molar-refractivity contribution in [1.82, 2.24) is 44.3 Å². The first-order chi connectivity index (χ1) is 34.9. The Hall–Kier alpha value is -8.01. The highest BCUT2D eigenvalue weighted by atomic mass is 35.5. The number of methoxy groups -OCH3 is 1. The Morgan fingerprint density at radius 1 is 0.613 bits per heavy atom. The summed E-state index contributed by atoms with van der Waals surface area (Å²) >= 11 is 6.34. The summed E-state index contributed by atoms with van der Waals surface area (Å²) in [4.78, 5) is 20.9. The van der Waals surface area contributed by atoms with Gasteiger partial charge in [-0.2, -0.15) is 76.4 Å². The lowest BCUT2D eigenvalue weighted by Gasteiger charge is -2.06. The van der Waals surface area contributed by atoms with E-state index in [1.165, 1.54) is 55.8 Å². The highest BCUT2D eigenvalue weighted by molar-refractivity contribution is 7.88. The minimum Gasteiger partial charge on any atom is -0.480 e. The largest absolute Gasteiger partial charge is 0.534 e. The third-order valence-corrected chi connectivity index (χ3v) is 12.5. The Labute approximate surface area is 418 Å². The molecule has 0 atom stereocenters. The average Bonchev–Trinajstić information content (AvgIpc) is 4.18. The highest BCUT2D eigenvalue weighted by Gasteiger charge is 2.49. The number of benzene rings is 3. The Kier molecular flexibility index (Phi) is 13.8. The van der Waals surface area contributed by atoms with E-state index >= 15 is 0 Å². The van der Waals surface area contributed by atoms with Crippen LogP contribution in [0.3, 0.4) is 0 Å². The number of anilines is 1. The van der Waals surface area contributed by atoms with Gasteiger partial charge in [-0.1, -0.05) is 29.8 Å². The fourth-order valence-corrected chi connectivity index (χ4v) is 8.42. The molecule has 9 aromatic rings. The number of aromatic nitrogens is 9. The quantitative estimate of drug-likeness (QED) is 0.0795. The molecule has 0 saturated carbocycles. The molecule has 0 unspecified atom stereocenters. The van der Waals surface area contributed by atoms with Crippen molar-refractivity contribution in [2.24, 2.45) is 21.1 Å². The third kappa shape index (κ3) is 11.2. The number of H-pyrrole nitrogens is 2. The molecule has 6 aromatic heterocycles. The van der Waals surface area contributed by atoms with Crippen LogP contribution in [-0.4, -0.2) is 71.2 Å². The molecule has 0 radical (unpaired) electrons. The van der Waals surface area contributed by atoms with Crippen molar-refractivity contribution < 1.29 is 74.8 Å². The number of hydrogen-bond donors (Lipinski definition) is 3. The summed E-state index contributed by atoms with van der Waals surface area (Å²) in [5.74, 6) is -0.480. The zero-order valence-electron chi connectivity index (χ0n) is 38.4. The number of pyridine rings is 1. The van der Waals surface area contributed by atoms with Crippen molar-refractivity contribution >= 4 is 55.1 Å². The predicted molar refractivity (Wildman–Crippen MR) is 247 cm³/mol. The SMILES string of the molecule is COc1nccc(-c2cc3cc(-c4cc(C(F)(F)F)nn4C)ccc3[nH]2)c1Cl.Cn1nc(C(F)(F)F)cc1-c1ccc2[nH]c(OS(=O)(=O)C(F)(F)F)cc2c1.Cn1nc(C(F)(F)F)cc1-c1ccc2c(c1)CC(=O)N2. The molecule has 394 valence electrons. The van der Waals surface area contributed by atoms with Crippen molar-refractivity contribution in [3.63, 3.8) is 0 Å². The molecular weight excluding hydrogens is 1070 g/mol. The van der Waals surface area contributed by atoms with Gasteiger partial charge < -0.3 is 24.2 Å². The maximum absolute atomic E-state index is 12.9. The second-order valence-corrected chi connectivity index (χ2v) is 18.2. The van der Waals surface area contributed by atoms with Crippen LogP contribution in [0.2, 0.25) is 5.02 Å². The summed E-state index contributed by atoms with van der Waals surface area (Å²) in [6, 6.07) is 22.0. The maximum Gasteiger partial charge on any atom is 0.534 e. The van der Waals surface area contributed by atoms with E-state index in [0.29, 0.717) is 44.7 Å². The first kappa shape index (κ1) is 53.3. The van der Waals surface area contributed by atoms with Gasteiger partial charge in [-0.05, 0) is 72.3 Å². The van der Waals surface area contributed by atoms with Gasteiger partial charge in [0.25, 0.3) is 0 Å². The smallest absolute Gasteiger partial charge is 0.480 e. The second-order valence-electron chi connectivity index (χ2n) is 16.3. The zero-order chi connectivity index (χ0) is 54.7. The number of carbonyl (C=O) groups is 1. The summed E-state index contributed by atoms with van der Waals surface area (Å²) in [6.45, 7) is 0. The average molecular weight is 1100 g/mol. The Morgan fingerprint density at radius 3 is 1.55 bits per heavy atom. The topological polar surface area (TPSA) is 180 Å². The molecule has 1 aliphatic heterocycles. The molecule has 0 bridgehead atoms. The van der Waals surface area contributed by atoms with Crippen LogP contribution in [0.25, 0.3) is 66.8 Å². The predicted octanol–water partition coefficient (Wildman–Crippen LogP) is 11.7. The normalized spacial score (nSPS) is 13.1. The van der Waals surface area contributed by atoms with E-state index in [0.717, 1.165) is 51.1 Å². The third-order valence-electron chi connectivity index (χ3n) is 11.2. The van der Waals surface area contributed by atoms with Crippen LogP contribution in [-0.2, 0) is 61.0 Å². The standard InChI is InChI=1S/C19H14ClF3N4O.C14H9F6N3O3S.C13H10F3N3O/c1-27-15(9-16(26-27)19(21,22)23)10-3-4-13-11(7-10)8-14(25-13)12-5-6-24-18(28-2)17(12)20;1-23-10(6-11(22-23)13(15,16)17)7-2-3-9-8(4-7)5-12(21-9)26-27(24,25)14(18,19)20;1-19-10(6-11(18-19)13(14,15)16)7-2-3-9-8(4-7)5-12(20)17-9/h3-9,25H,1-2H3;2-6,21H,1H3;2-4,6H,5H2,1H3,(H,17,20). The fourth-order valence-electron chi connectivity index (χ4n) is 7.70. The van der Waals surface area contributed by atoms with E-state index < -0.39 is 57.1 Å². The van der Waals surface area contributed by atoms with Crippen LogP contribution >= 0.6 is 11.6 Å². The van der Waals surface area contributed by atoms with Crippen LogP contribution in [0.4, 0.5) is 58.4 Å². The molecule has 0 saturated heterocycles. The highest BCUT2D eigenvalue weighted by Crippen LogP contribution is 2.39. The van der Waals surface area contributed by atoms with Gasteiger partial charge in [-0.3, -0.25) is 18.8 Å². The van der Waals surface area contributed by atoms with Gasteiger partial charge >= 0.3 is 34.2 Å². The molecule has 7 heterocycles. The maximum atomic E-state index is 12.9. The number of alkyl halides is 12. The van der Waals surface area contributed by atoms with Gasteiger partial charge in [0.2, 0.25) is 17.7 Å². The van der Waals surface area contributed by atoms with Gasteiger partial charge in [0.1, 0.15) is 5.02 Å². The number of halogens is 13. The van der Waals surface area contributed by atoms with Crippen LogP contribution in [0.15, 0.2) is 97.2 Å². The van der Waals surface area contributed by atoms with Crippen molar-refractivity contribution in [2.45, 2.75) is 30.5 Å². The van der Waals surface area contributed by atoms with E-state index in [2.05, 4.69) is 39.7 Å². The lowest BCUT2D eigenvalue weighted by molar-refractivity contribution is -0.142. The summed E-state index contributed by atoms with van der Waals surface area (Å²) in [6.07, 6.45) is -11.8. The fraction of sp³-hybridized carbons (Fsp3) is 0.196. The van der Waals surface area contributed by atoms with Crippen molar-refractivity contribution in [1.29, 1.82) is 0 Å². The number of nitrogens with one attached hydrogen (secondary N) is 3. The molecule has 0 aliphatic carbocycles. The van der Waals surface area contributed by atoms with Gasteiger partial charge in [0, 0.05) is 88.8 Å². The molecule has 1 amide bonds. The number of carbonyl (C=O) groups excluding carboxylic acids is 1. The molecule has 10 rings (SSSR count). The number of nitrogens with zero attached hydrogens (tertiary/aromatic N) is 7. The number of amides is 1. The number of aromatic amines is 2. The zero-order valence-corrected chi connectivity index (χ0v) is 40.0. The van der Waals surface area contributed by atoms with Crippen LogP contribution < -0.4 is 14.2 Å². The monoisotopic (exact) mass is 1100 g/mol. The lowest BCUT2D eigenvalue weighted by atomic mass is 10.1. The molecule has 0 fully saturated rings. The van der Waals surface area contributed by atoms with E-state index in [9.17, 15) is 65.9 Å². The van der Waals surface area contributed by atoms with Crippen molar-refractivity contribution in [3.8, 4) is 56.8 Å². The summed E-state index contributed by atoms with van der Waals surface area (Å²) in [5.41, 5.74) is -2.19. The van der Waals surface area contributed by atoms with Crippen LogP contribution in [0.1, 0.15) is 22.6 Å². The summed E-state index contributed by atoms with van der Waals surface area (Å²) < 4.78 is 187. The number of ether oxygens (including phenoxy) is 1. The molecular formula is C46H33ClF12N10O5S. The molecule has 75 heavy (non-hydrogen) atoms. The molecule has 29 heteroatoms.